The van der Waals surface area contributed by atoms with Gasteiger partial charge in [0.15, 0.2) is 9.84 Å². The summed E-state index contributed by atoms with van der Waals surface area (Å²) in [6, 6.07) is 0. The molecule has 0 saturated carbocycles. The lowest BCUT2D eigenvalue weighted by molar-refractivity contribution is -0.125. The number of nitrogens with zero attached hydrogens (tertiary/aromatic N) is 1. The van der Waals surface area contributed by atoms with E-state index < -0.39 is 9.84 Å². The zero-order chi connectivity index (χ0) is 11.5. The fourth-order valence-corrected chi connectivity index (χ4v) is 2.54. The zero-order valence-corrected chi connectivity index (χ0v) is 10.2. The van der Waals surface area contributed by atoms with Crippen LogP contribution in [0.5, 0.6) is 0 Å². The minimum absolute atomic E-state index is 0.0584. The van der Waals surface area contributed by atoms with Crippen molar-refractivity contribution in [2.45, 2.75) is 20.3 Å². The SMILES string of the molecule is CCS(=O)(=O)CCN1CCC(=O)C(C)C1. The third kappa shape index (κ3) is 3.91. The maximum absolute atomic E-state index is 11.3. The third-order valence-electron chi connectivity index (χ3n) is 2.91. The summed E-state index contributed by atoms with van der Waals surface area (Å²) in [5.41, 5.74) is 0. The van der Waals surface area contributed by atoms with Crippen LogP contribution in [0.25, 0.3) is 0 Å². The van der Waals surface area contributed by atoms with Crippen molar-refractivity contribution < 1.29 is 13.2 Å². The quantitative estimate of drug-likeness (QED) is 0.702. The highest BCUT2D eigenvalue weighted by molar-refractivity contribution is 7.91. The highest BCUT2D eigenvalue weighted by Crippen LogP contribution is 2.11. The van der Waals surface area contributed by atoms with E-state index in [0.29, 0.717) is 31.8 Å². The van der Waals surface area contributed by atoms with Crippen molar-refractivity contribution in [2.75, 3.05) is 31.1 Å². The summed E-state index contributed by atoms with van der Waals surface area (Å²) < 4.78 is 22.6. The molecule has 0 aromatic carbocycles. The summed E-state index contributed by atoms with van der Waals surface area (Å²) in [5, 5.41) is 0. The van der Waals surface area contributed by atoms with Crippen molar-refractivity contribution >= 4 is 15.6 Å². The minimum Gasteiger partial charge on any atom is -0.301 e. The van der Waals surface area contributed by atoms with Gasteiger partial charge >= 0.3 is 0 Å². The Hall–Kier alpha value is -0.420. The topological polar surface area (TPSA) is 54.5 Å². The highest BCUT2D eigenvalue weighted by atomic mass is 32.2. The molecule has 0 amide bonds. The molecule has 0 aliphatic carbocycles. The van der Waals surface area contributed by atoms with Crippen LogP contribution in [-0.4, -0.2) is 50.2 Å². The van der Waals surface area contributed by atoms with Crippen molar-refractivity contribution in [2.24, 2.45) is 5.92 Å². The van der Waals surface area contributed by atoms with Crippen LogP contribution in [0.2, 0.25) is 0 Å². The number of rotatable bonds is 4. The van der Waals surface area contributed by atoms with Crippen molar-refractivity contribution in [1.29, 1.82) is 0 Å². The summed E-state index contributed by atoms with van der Waals surface area (Å²) in [6.07, 6.45) is 0.563. The second kappa shape index (κ2) is 5.07. The number of hydrogen-bond donors (Lipinski definition) is 0. The van der Waals surface area contributed by atoms with Gasteiger partial charge in [-0.2, -0.15) is 0 Å². The number of carbonyl (C=O) groups excluding carboxylic acids is 1. The number of likely N-dealkylation sites (tertiary alicyclic amines) is 1. The van der Waals surface area contributed by atoms with Crippen molar-refractivity contribution in [3.05, 3.63) is 0 Å². The first kappa shape index (κ1) is 12.6. The predicted octanol–water partition coefficient (Wildman–Crippen LogP) is 0.332. The van der Waals surface area contributed by atoms with Gasteiger partial charge in [0.05, 0.1) is 5.75 Å². The molecular weight excluding hydrogens is 214 g/mol. The molecule has 15 heavy (non-hydrogen) atoms. The molecule has 1 rings (SSSR count). The van der Waals surface area contributed by atoms with E-state index in [-0.39, 0.29) is 17.4 Å². The fraction of sp³-hybridized carbons (Fsp3) is 0.900. The lowest BCUT2D eigenvalue weighted by Crippen LogP contribution is -2.41. The second-order valence-corrected chi connectivity index (χ2v) is 6.63. The average Bonchev–Trinajstić information content (AvgIpc) is 2.20. The average molecular weight is 233 g/mol. The first-order valence-electron chi connectivity index (χ1n) is 5.40. The van der Waals surface area contributed by atoms with Crippen LogP contribution in [0.15, 0.2) is 0 Å². The van der Waals surface area contributed by atoms with Gasteiger partial charge in [0, 0.05) is 37.7 Å². The molecule has 0 radical (unpaired) electrons. The van der Waals surface area contributed by atoms with E-state index in [1.807, 2.05) is 6.92 Å². The number of ketones is 1. The van der Waals surface area contributed by atoms with Crippen LogP contribution < -0.4 is 0 Å². The van der Waals surface area contributed by atoms with E-state index in [1.165, 1.54) is 0 Å². The Morgan fingerprint density at radius 2 is 2.13 bits per heavy atom. The Kier molecular flexibility index (Phi) is 4.28. The minimum atomic E-state index is -2.88. The first-order chi connectivity index (χ1) is 6.94. The fourth-order valence-electron chi connectivity index (χ4n) is 1.71. The molecule has 0 spiro atoms. The first-order valence-corrected chi connectivity index (χ1v) is 7.22. The molecule has 1 aliphatic heterocycles. The van der Waals surface area contributed by atoms with Gasteiger partial charge in [0.2, 0.25) is 0 Å². The van der Waals surface area contributed by atoms with Crippen LogP contribution in [0.1, 0.15) is 20.3 Å². The van der Waals surface area contributed by atoms with Gasteiger partial charge in [0.25, 0.3) is 0 Å². The van der Waals surface area contributed by atoms with Gasteiger partial charge < -0.3 is 4.90 Å². The summed E-state index contributed by atoms with van der Waals surface area (Å²) in [6.45, 7) is 5.55. The monoisotopic (exact) mass is 233 g/mol. The van der Waals surface area contributed by atoms with Crippen molar-refractivity contribution in [3.8, 4) is 0 Å². The van der Waals surface area contributed by atoms with Crippen LogP contribution in [0.4, 0.5) is 0 Å². The zero-order valence-electron chi connectivity index (χ0n) is 9.40. The van der Waals surface area contributed by atoms with E-state index in [1.54, 1.807) is 6.92 Å². The third-order valence-corrected chi connectivity index (χ3v) is 4.60. The Balaban J connectivity index is 2.38. The largest absolute Gasteiger partial charge is 0.301 e. The van der Waals surface area contributed by atoms with Crippen LogP contribution in [0, 0.1) is 5.92 Å². The Morgan fingerprint density at radius 3 is 2.67 bits per heavy atom. The van der Waals surface area contributed by atoms with Gasteiger partial charge in [0.1, 0.15) is 5.78 Å². The smallest absolute Gasteiger partial charge is 0.151 e. The molecule has 0 aromatic heterocycles. The molecule has 5 heteroatoms. The van der Waals surface area contributed by atoms with Crippen LogP contribution in [0.3, 0.4) is 0 Å². The van der Waals surface area contributed by atoms with E-state index in [4.69, 9.17) is 0 Å². The Labute approximate surface area is 91.6 Å². The van der Waals surface area contributed by atoms with Gasteiger partial charge in [-0.05, 0) is 0 Å². The van der Waals surface area contributed by atoms with E-state index in [9.17, 15) is 13.2 Å². The van der Waals surface area contributed by atoms with Gasteiger partial charge in [-0.3, -0.25) is 4.79 Å². The van der Waals surface area contributed by atoms with Crippen molar-refractivity contribution in [3.63, 3.8) is 0 Å². The molecule has 88 valence electrons. The van der Waals surface area contributed by atoms with E-state index in [2.05, 4.69) is 4.90 Å². The molecular formula is C10H19NO3S. The Morgan fingerprint density at radius 1 is 1.47 bits per heavy atom. The number of carbonyl (C=O) groups is 1. The van der Waals surface area contributed by atoms with Crippen molar-refractivity contribution in [1.82, 2.24) is 4.90 Å². The Bertz CT molecular complexity index is 324. The second-order valence-electron chi connectivity index (χ2n) is 4.15. The van der Waals surface area contributed by atoms with E-state index >= 15 is 0 Å². The maximum Gasteiger partial charge on any atom is 0.151 e. The van der Waals surface area contributed by atoms with E-state index in [0.717, 1.165) is 0 Å². The van der Waals surface area contributed by atoms with Gasteiger partial charge in [-0.15, -0.1) is 0 Å². The molecule has 1 saturated heterocycles. The summed E-state index contributed by atoms with van der Waals surface area (Å²) >= 11 is 0. The predicted molar refractivity (Wildman–Crippen MR) is 59.6 cm³/mol. The molecule has 1 atom stereocenters. The molecule has 1 fully saturated rings. The lowest BCUT2D eigenvalue weighted by atomic mass is 9.99. The molecule has 1 aliphatic rings. The number of sulfone groups is 1. The molecule has 0 bridgehead atoms. The lowest BCUT2D eigenvalue weighted by Gasteiger charge is -2.29. The van der Waals surface area contributed by atoms with Crippen LogP contribution >= 0.6 is 0 Å². The van der Waals surface area contributed by atoms with Crippen LogP contribution in [-0.2, 0) is 14.6 Å². The molecule has 0 aromatic rings. The van der Waals surface area contributed by atoms with Gasteiger partial charge in [-0.25, -0.2) is 8.42 Å². The number of piperidine rings is 1. The molecule has 1 heterocycles. The normalized spacial score (nSPS) is 24.4. The number of Topliss-reactive ketones (excluding diaryl/α,β-unsaturated/α-hetero) is 1. The molecule has 0 N–H and O–H groups in total. The standard InChI is InChI=1S/C10H19NO3S/c1-3-15(13,14)7-6-11-5-4-10(12)9(2)8-11/h9H,3-8H2,1-2H3. The molecule has 1 unspecified atom stereocenters. The summed E-state index contributed by atoms with van der Waals surface area (Å²) in [5.74, 6) is 0.771. The highest BCUT2D eigenvalue weighted by Gasteiger charge is 2.23. The maximum atomic E-state index is 11.3. The summed E-state index contributed by atoms with van der Waals surface area (Å²) in [4.78, 5) is 13.3. The summed E-state index contributed by atoms with van der Waals surface area (Å²) in [7, 11) is -2.88. The molecule has 4 nitrogen and oxygen atoms in total. The van der Waals surface area contributed by atoms with Gasteiger partial charge in [-0.1, -0.05) is 13.8 Å². The number of hydrogen-bond acceptors (Lipinski definition) is 4.